The Labute approximate surface area is 99.6 Å². The van der Waals surface area contributed by atoms with Crippen LogP contribution in [-0.2, 0) is 0 Å². The Morgan fingerprint density at radius 1 is 1.53 bits per heavy atom. The second kappa shape index (κ2) is 5.63. The number of amides is 1. The molecule has 1 atom stereocenters. The number of carbonyl (C=O) groups is 1. The lowest BCUT2D eigenvalue weighted by Gasteiger charge is -2.22. The molecule has 0 aliphatic carbocycles. The van der Waals surface area contributed by atoms with Gasteiger partial charge in [-0.05, 0) is 37.9 Å². The molecule has 2 rings (SSSR count). The second-order valence-corrected chi connectivity index (χ2v) is 4.36. The van der Waals surface area contributed by atoms with Crippen LogP contribution in [0.3, 0.4) is 0 Å². The zero-order chi connectivity index (χ0) is 12.1. The van der Waals surface area contributed by atoms with Crippen LogP contribution in [0, 0.1) is 5.92 Å². The van der Waals surface area contributed by atoms with Gasteiger partial charge in [-0.2, -0.15) is 0 Å². The number of carbonyl (C=O) groups excluding carboxylic acids is 1. The van der Waals surface area contributed by atoms with Crippen molar-refractivity contribution in [3.8, 4) is 0 Å². The van der Waals surface area contributed by atoms with Crippen LogP contribution in [-0.4, -0.2) is 30.5 Å². The third-order valence-electron chi connectivity index (χ3n) is 2.99. The minimum absolute atomic E-state index is 0.179. The lowest BCUT2D eigenvalue weighted by molar-refractivity contribution is 0.0944. The van der Waals surface area contributed by atoms with Crippen molar-refractivity contribution >= 4 is 5.91 Å². The van der Waals surface area contributed by atoms with Crippen molar-refractivity contribution in [2.75, 3.05) is 19.6 Å². The first kappa shape index (κ1) is 11.9. The van der Waals surface area contributed by atoms with Gasteiger partial charge in [0.1, 0.15) is 0 Å². The standard InChI is InChI=1S/C12H17N3O2/c16-11-6-10(3-5-14-11)12(17)15-8-9-2-1-4-13-7-9/h3,5-6,9,13H,1-2,4,7-8H2,(H,14,16)(H,15,17). The summed E-state index contributed by atoms with van der Waals surface area (Å²) in [6, 6.07) is 2.92. The fourth-order valence-electron chi connectivity index (χ4n) is 2.02. The monoisotopic (exact) mass is 235 g/mol. The molecule has 1 aliphatic rings. The molecule has 2 heterocycles. The van der Waals surface area contributed by atoms with Crippen molar-refractivity contribution in [1.82, 2.24) is 15.6 Å². The van der Waals surface area contributed by atoms with Gasteiger partial charge in [0, 0.05) is 24.4 Å². The molecule has 3 N–H and O–H groups in total. The number of piperidine rings is 1. The van der Waals surface area contributed by atoms with Crippen molar-refractivity contribution in [3.63, 3.8) is 0 Å². The Hall–Kier alpha value is -1.62. The molecule has 0 spiro atoms. The van der Waals surface area contributed by atoms with Gasteiger partial charge in [-0.3, -0.25) is 9.59 Å². The zero-order valence-corrected chi connectivity index (χ0v) is 9.66. The molecule has 17 heavy (non-hydrogen) atoms. The van der Waals surface area contributed by atoms with Gasteiger partial charge in [0.15, 0.2) is 0 Å². The van der Waals surface area contributed by atoms with E-state index < -0.39 is 0 Å². The first-order valence-electron chi connectivity index (χ1n) is 5.93. The number of hydrogen-bond donors (Lipinski definition) is 3. The van der Waals surface area contributed by atoms with Gasteiger partial charge < -0.3 is 15.6 Å². The Bertz CT molecular complexity index is 435. The molecule has 0 radical (unpaired) electrons. The van der Waals surface area contributed by atoms with E-state index in [1.54, 1.807) is 6.07 Å². The van der Waals surface area contributed by atoms with Crippen LogP contribution in [0.1, 0.15) is 23.2 Å². The topological polar surface area (TPSA) is 74.0 Å². The number of aromatic amines is 1. The van der Waals surface area contributed by atoms with Crippen LogP contribution in [0.4, 0.5) is 0 Å². The van der Waals surface area contributed by atoms with Crippen molar-refractivity contribution in [1.29, 1.82) is 0 Å². The molecule has 0 saturated carbocycles. The molecule has 1 fully saturated rings. The number of nitrogens with one attached hydrogen (secondary N) is 3. The van der Waals surface area contributed by atoms with Gasteiger partial charge in [0.25, 0.3) is 5.91 Å². The zero-order valence-electron chi connectivity index (χ0n) is 9.66. The molecule has 5 nitrogen and oxygen atoms in total. The van der Waals surface area contributed by atoms with E-state index in [1.807, 2.05) is 0 Å². The predicted octanol–water partition coefficient (Wildman–Crippen LogP) is 0.104. The fraction of sp³-hybridized carbons (Fsp3) is 0.500. The van der Waals surface area contributed by atoms with Gasteiger partial charge in [0.05, 0.1) is 0 Å². The van der Waals surface area contributed by atoms with Crippen LogP contribution in [0.2, 0.25) is 0 Å². The van der Waals surface area contributed by atoms with E-state index in [0.717, 1.165) is 25.9 Å². The number of hydrogen-bond acceptors (Lipinski definition) is 3. The highest BCUT2D eigenvalue weighted by molar-refractivity contribution is 5.93. The molecule has 0 bridgehead atoms. The Morgan fingerprint density at radius 3 is 3.12 bits per heavy atom. The third kappa shape index (κ3) is 3.42. The Balaban J connectivity index is 1.86. The molecule has 1 amide bonds. The normalized spacial score (nSPS) is 19.9. The molecule has 1 aromatic rings. The van der Waals surface area contributed by atoms with Crippen molar-refractivity contribution in [3.05, 3.63) is 34.2 Å². The third-order valence-corrected chi connectivity index (χ3v) is 2.99. The van der Waals surface area contributed by atoms with E-state index >= 15 is 0 Å². The summed E-state index contributed by atoms with van der Waals surface area (Å²) in [5.74, 6) is 0.316. The summed E-state index contributed by atoms with van der Waals surface area (Å²) in [4.78, 5) is 25.3. The highest BCUT2D eigenvalue weighted by Crippen LogP contribution is 2.08. The quantitative estimate of drug-likeness (QED) is 0.696. The molecule has 1 saturated heterocycles. The largest absolute Gasteiger partial charge is 0.352 e. The SMILES string of the molecule is O=C(NCC1CCCNC1)c1cc[nH]c(=O)c1. The molecule has 0 aromatic carbocycles. The average Bonchev–Trinajstić information content (AvgIpc) is 2.37. The van der Waals surface area contributed by atoms with Gasteiger partial charge in [0.2, 0.25) is 5.56 Å². The lowest BCUT2D eigenvalue weighted by atomic mass is 10.00. The van der Waals surface area contributed by atoms with E-state index in [9.17, 15) is 9.59 Å². The van der Waals surface area contributed by atoms with Crippen LogP contribution in [0.5, 0.6) is 0 Å². The molecular formula is C12H17N3O2. The first-order chi connectivity index (χ1) is 8.25. The number of H-pyrrole nitrogens is 1. The van der Waals surface area contributed by atoms with E-state index in [2.05, 4.69) is 15.6 Å². The lowest BCUT2D eigenvalue weighted by Crippen LogP contribution is -2.38. The number of rotatable bonds is 3. The summed E-state index contributed by atoms with van der Waals surface area (Å²) in [5.41, 5.74) is 0.162. The summed E-state index contributed by atoms with van der Waals surface area (Å²) in [6.45, 7) is 2.69. The van der Waals surface area contributed by atoms with Crippen LogP contribution >= 0.6 is 0 Å². The van der Waals surface area contributed by atoms with Crippen LogP contribution in [0.15, 0.2) is 23.1 Å². The average molecular weight is 235 g/mol. The molecule has 92 valence electrons. The number of pyridine rings is 1. The van der Waals surface area contributed by atoms with Crippen molar-refractivity contribution in [2.24, 2.45) is 5.92 Å². The van der Waals surface area contributed by atoms with Crippen LogP contribution in [0.25, 0.3) is 0 Å². The van der Waals surface area contributed by atoms with Gasteiger partial charge in [-0.25, -0.2) is 0 Å². The Morgan fingerprint density at radius 2 is 2.41 bits per heavy atom. The first-order valence-corrected chi connectivity index (χ1v) is 5.93. The minimum Gasteiger partial charge on any atom is -0.352 e. The molecule has 1 aliphatic heterocycles. The van der Waals surface area contributed by atoms with E-state index in [-0.39, 0.29) is 11.5 Å². The second-order valence-electron chi connectivity index (χ2n) is 4.36. The molecule has 1 aromatic heterocycles. The smallest absolute Gasteiger partial charge is 0.251 e. The highest BCUT2D eigenvalue weighted by atomic mass is 16.2. The van der Waals surface area contributed by atoms with E-state index in [4.69, 9.17) is 0 Å². The van der Waals surface area contributed by atoms with Gasteiger partial charge >= 0.3 is 0 Å². The summed E-state index contributed by atoms with van der Waals surface area (Å²) in [6.07, 6.45) is 3.79. The summed E-state index contributed by atoms with van der Waals surface area (Å²) in [5, 5.41) is 6.17. The van der Waals surface area contributed by atoms with E-state index in [1.165, 1.54) is 12.3 Å². The Kier molecular flexibility index (Phi) is 3.93. The fourth-order valence-corrected chi connectivity index (χ4v) is 2.02. The van der Waals surface area contributed by atoms with Crippen LogP contribution < -0.4 is 16.2 Å². The maximum absolute atomic E-state index is 11.8. The van der Waals surface area contributed by atoms with E-state index in [0.29, 0.717) is 18.0 Å². The van der Waals surface area contributed by atoms with Gasteiger partial charge in [-0.1, -0.05) is 0 Å². The van der Waals surface area contributed by atoms with Crippen molar-refractivity contribution < 1.29 is 4.79 Å². The maximum atomic E-state index is 11.8. The maximum Gasteiger partial charge on any atom is 0.251 e. The molecular weight excluding hydrogens is 218 g/mol. The molecule has 5 heteroatoms. The predicted molar refractivity (Wildman–Crippen MR) is 65.0 cm³/mol. The number of aromatic nitrogens is 1. The minimum atomic E-state index is -0.253. The summed E-state index contributed by atoms with van der Waals surface area (Å²) >= 11 is 0. The summed E-state index contributed by atoms with van der Waals surface area (Å²) < 4.78 is 0. The highest BCUT2D eigenvalue weighted by Gasteiger charge is 2.14. The van der Waals surface area contributed by atoms with Gasteiger partial charge in [-0.15, -0.1) is 0 Å². The summed E-state index contributed by atoms with van der Waals surface area (Å²) in [7, 11) is 0. The molecule has 1 unspecified atom stereocenters. The van der Waals surface area contributed by atoms with Crippen molar-refractivity contribution in [2.45, 2.75) is 12.8 Å².